The third kappa shape index (κ3) is 5.90. The number of rotatable bonds is 8. The Morgan fingerprint density at radius 1 is 1.25 bits per heavy atom. The van der Waals surface area contributed by atoms with E-state index >= 15 is 0 Å². The number of halogens is 1. The number of nitrogens with zero attached hydrogens (tertiary/aromatic N) is 1. The van der Waals surface area contributed by atoms with Gasteiger partial charge in [0.1, 0.15) is 0 Å². The second-order valence-electron chi connectivity index (χ2n) is 5.28. The van der Waals surface area contributed by atoms with Gasteiger partial charge in [0.05, 0.1) is 11.1 Å². The smallest absolute Gasteiger partial charge is 0.261 e. The van der Waals surface area contributed by atoms with Crippen LogP contribution in [-0.4, -0.2) is 44.5 Å². The molecule has 0 aliphatic heterocycles. The number of hydrogen-bond donors (Lipinski definition) is 1. The van der Waals surface area contributed by atoms with E-state index in [-0.39, 0.29) is 19.0 Å². The molecule has 130 valence electrons. The van der Waals surface area contributed by atoms with Crippen molar-refractivity contribution in [2.24, 2.45) is 0 Å². The van der Waals surface area contributed by atoms with E-state index in [1.165, 1.54) is 21.9 Å². The predicted molar refractivity (Wildman–Crippen MR) is 98.2 cm³/mol. The van der Waals surface area contributed by atoms with Crippen LogP contribution in [0.1, 0.15) is 15.2 Å². The van der Waals surface area contributed by atoms with Crippen molar-refractivity contribution in [1.82, 2.24) is 9.62 Å². The summed E-state index contributed by atoms with van der Waals surface area (Å²) in [6.07, 6.45) is 1.73. The van der Waals surface area contributed by atoms with Gasteiger partial charge in [0, 0.05) is 24.7 Å². The van der Waals surface area contributed by atoms with Gasteiger partial charge in [-0.05, 0) is 35.6 Å². The number of thiophene rings is 1. The van der Waals surface area contributed by atoms with E-state index in [0.717, 1.165) is 5.56 Å². The van der Waals surface area contributed by atoms with Gasteiger partial charge in [-0.2, -0.15) is 0 Å². The Labute approximate surface area is 151 Å². The molecule has 1 amide bonds. The molecule has 2 rings (SSSR count). The summed E-state index contributed by atoms with van der Waals surface area (Å²) in [7, 11) is -3.35. The summed E-state index contributed by atoms with van der Waals surface area (Å²) in [6, 6.07) is 10.9. The lowest BCUT2D eigenvalue weighted by Gasteiger charge is -2.20. The third-order valence-electron chi connectivity index (χ3n) is 3.40. The first-order chi connectivity index (χ1) is 11.4. The van der Waals surface area contributed by atoms with Crippen LogP contribution in [0, 0.1) is 0 Å². The lowest BCUT2D eigenvalue weighted by atomic mass is 10.1. The normalized spacial score (nSPS) is 11.6. The number of benzene rings is 1. The predicted octanol–water partition coefficient (Wildman–Crippen LogP) is 2.64. The van der Waals surface area contributed by atoms with Crippen molar-refractivity contribution in [2.45, 2.75) is 6.42 Å². The molecule has 0 aliphatic carbocycles. The summed E-state index contributed by atoms with van der Waals surface area (Å²) < 4.78 is 25.2. The van der Waals surface area contributed by atoms with Crippen LogP contribution < -0.4 is 5.32 Å². The molecule has 0 bridgehead atoms. The average Bonchev–Trinajstić information content (AvgIpc) is 3.03. The first kappa shape index (κ1) is 18.9. The average molecular weight is 387 g/mol. The Kier molecular flexibility index (Phi) is 6.79. The molecule has 8 heteroatoms. The minimum atomic E-state index is -3.35. The molecule has 1 N–H and O–H groups in total. The molecule has 5 nitrogen and oxygen atoms in total. The zero-order valence-electron chi connectivity index (χ0n) is 13.2. The Bertz CT molecular complexity index is 776. The highest BCUT2D eigenvalue weighted by Gasteiger charge is 2.17. The van der Waals surface area contributed by atoms with Crippen LogP contribution in [0.4, 0.5) is 0 Å². The van der Waals surface area contributed by atoms with Gasteiger partial charge in [0.25, 0.3) is 5.91 Å². The molecule has 2 aromatic rings. The van der Waals surface area contributed by atoms with E-state index in [0.29, 0.717) is 22.9 Å². The highest BCUT2D eigenvalue weighted by Crippen LogP contribution is 2.12. The highest BCUT2D eigenvalue weighted by molar-refractivity contribution is 7.88. The number of amides is 1. The molecule has 24 heavy (non-hydrogen) atoms. The molecule has 0 aliphatic rings. The summed E-state index contributed by atoms with van der Waals surface area (Å²) in [4.78, 5) is 12.5. The van der Waals surface area contributed by atoms with Gasteiger partial charge in [0.2, 0.25) is 10.0 Å². The molecular formula is C16H19ClN2O3S2. The summed E-state index contributed by atoms with van der Waals surface area (Å²) in [5, 5.41) is 5.19. The van der Waals surface area contributed by atoms with Crippen molar-refractivity contribution in [3.63, 3.8) is 0 Å². The van der Waals surface area contributed by atoms with Crippen molar-refractivity contribution in [2.75, 3.05) is 25.9 Å². The monoisotopic (exact) mass is 386 g/mol. The van der Waals surface area contributed by atoms with Crippen molar-refractivity contribution in [3.05, 3.63) is 57.2 Å². The Balaban J connectivity index is 1.88. The van der Waals surface area contributed by atoms with E-state index in [1.54, 1.807) is 18.2 Å². The van der Waals surface area contributed by atoms with Crippen molar-refractivity contribution in [3.8, 4) is 0 Å². The van der Waals surface area contributed by atoms with E-state index in [4.69, 9.17) is 11.6 Å². The van der Waals surface area contributed by atoms with Gasteiger partial charge in [0.15, 0.2) is 0 Å². The van der Waals surface area contributed by atoms with Crippen LogP contribution in [0.2, 0.25) is 5.02 Å². The maximum Gasteiger partial charge on any atom is 0.261 e. The molecule has 0 saturated carbocycles. The van der Waals surface area contributed by atoms with Crippen LogP contribution in [0.25, 0.3) is 0 Å². The highest BCUT2D eigenvalue weighted by atomic mass is 35.5. The third-order valence-corrected chi connectivity index (χ3v) is 5.81. The lowest BCUT2D eigenvalue weighted by Crippen LogP contribution is -2.39. The van der Waals surface area contributed by atoms with Crippen LogP contribution >= 0.6 is 22.9 Å². The lowest BCUT2D eigenvalue weighted by molar-refractivity contribution is 0.0955. The number of carbonyl (C=O) groups is 1. The first-order valence-electron chi connectivity index (χ1n) is 7.37. The summed E-state index contributed by atoms with van der Waals surface area (Å²) in [6.45, 7) is 0.837. The number of carbonyl (C=O) groups excluding carboxylic acids is 1. The van der Waals surface area contributed by atoms with E-state index in [9.17, 15) is 13.2 Å². The van der Waals surface area contributed by atoms with E-state index in [2.05, 4.69) is 5.32 Å². The Morgan fingerprint density at radius 3 is 2.67 bits per heavy atom. The quantitative estimate of drug-likeness (QED) is 0.758. The van der Waals surface area contributed by atoms with E-state index in [1.807, 2.05) is 23.6 Å². The molecular weight excluding hydrogens is 368 g/mol. The second kappa shape index (κ2) is 8.62. The van der Waals surface area contributed by atoms with Gasteiger partial charge >= 0.3 is 0 Å². The fourth-order valence-corrected chi connectivity index (χ4v) is 3.88. The van der Waals surface area contributed by atoms with Crippen LogP contribution in [-0.2, 0) is 16.4 Å². The standard InChI is InChI=1S/C16H19ClN2O3S2/c1-24(21,22)19(9-7-13-4-2-5-14(17)12-13)10-8-18-16(20)15-6-3-11-23-15/h2-6,11-12H,7-10H2,1H3,(H,18,20). The molecule has 0 fully saturated rings. The van der Waals surface area contributed by atoms with Gasteiger partial charge in [-0.3, -0.25) is 4.79 Å². The fraction of sp³-hybridized carbons (Fsp3) is 0.312. The Morgan fingerprint density at radius 2 is 2.04 bits per heavy atom. The Hall–Kier alpha value is -1.41. The SMILES string of the molecule is CS(=O)(=O)N(CCNC(=O)c1cccs1)CCc1cccc(Cl)c1. The number of hydrogen-bond acceptors (Lipinski definition) is 4. The number of sulfonamides is 1. The summed E-state index contributed by atoms with van der Waals surface area (Å²) >= 11 is 7.29. The maximum atomic E-state index is 11.9. The molecule has 1 aromatic carbocycles. The summed E-state index contributed by atoms with van der Waals surface area (Å²) in [5.41, 5.74) is 0.971. The minimum Gasteiger partial charge on any atom is -0.350 e. The molecule has 0 radical (unpaired) electrons. The number of nitrogens with one attached hydrogen (secondary N) is 1. The topological polar surface area (TPSA) is 66.5 Å². The van der Waals surface area contributed by atoms with E-state index < -0.39 is 10.0 Å². The zero-order valence-corrected chi connectivity index (χ0v) is 15.6. The van der Waals surface area contributed by atoms with Crippen LogP contribution in [0.5, 0.6) is 0 Å². The molecule has 0 saturated heterocycles. The minimum absolute atomic E-state index is 0.187. The first-order valence-corrected chi connectivity index (χ1v) is 10.5. The largest absolute Gasteiger partial charge is 0.350 e. The van der Waals surface area contributed by atoms with Gasteiger partial charge in [-0.25, -0.2) is 12.7 Å². The molecule has 1 aromatic heterocycles. The molecule has 0 spiro atoms. The van der Waals surface area contributed by atoms with Gasteiger partial charge in [-0.15, -0.1) is 11.3 Å². The van der Waals surface area contributed by atoms with Crippen LogP contribution in [0.3, 0.4) is 0 Å². The van der Waals surface area contributed by atoms with Crippen LogP contribution in [0.15, 0.2) is 41.8 Å². The fourth-order valence-electron chi connectivity index (χ4n) is 2.18. The van der Waals surface area contributed by atoms with Gasteiger partial charge in [-0.1, -0.05) is 29.8 Å². The van der Waals surface area contributed by atoms with Crippen molar-refractivity contribution < 1.29 is 13.2 Å². The van der Waals surface area contributed by atoms with Crippen molar-refractivity contribution in [1.29, 1.82) is 0 Å². The van der Waals surface area contributed by atoms with Gasteiger partial charge < -0.3 is 5.32 Å². The second-order valence-corrected chi connectivity index (χ2v) is 8.64. The van der Waals surface area contributed by atoms with Crippen molar-refractivity contribution >= 4 is 38.9 Å². The molecule has 0 atom stereocenters. The summed E-state index contributed by atoms with van der Waals surface area (Å²) in [5.74, 6) is -0.187. The maximum absolute atomic E-state index is 11.9. The zero-order chi connectivity index (χ0) is 17.6. The molecule has 1 heterocycles. The molecule has 0 unspecified atom stereocenters.